The highest BCUT2D eigenvalue weighted by Gasteiger charge is 2.12. The summed E-state index contributed by atoms with van der Waals surface area (Å²) in [5.74, 6) is 0.529. The molecule has 1 aliphatic heterocycles. The summed E-state index contributed by atoms with van der Waals surface area (Å²) in [6, 6.07) is 15.9. The second-order valence-corrected chi connectivity index (χ2v) is 6.20. The summed E-state index contributed by atoms with van der Waals surface area (Å²) in [5, 5.41) is 2.98. The number of para-hydroxylation sites is 1. The lowest BCUT2D eigenvalue weighted by atomic mass is 10.1. The Morgan fingerprint density at radius 3 is 2.58 bits per heavy atom. The zero-order valence-electron chi connectivity index (χ0n) is 15.2. The number of carbonyl (C=O) groups excluding carboxylic acids is 1. The smallest absolute Gasteiger partial charge is 0.255 e. The molecular weight excluding hydrogens is 328 g/mol. The maximum atomic E-state index is 12.4. The Kier molecular flexibility index (Phi) is 6.50. The molecule has 5 heteroatoms. The van der Waals surface area contributed by atoms with Crippen LogP contribution in [-0.2, 0) is 11.2 Å². The van der Waals surface area contributed by atoms with Gasteiger partial charge in [-0.1, -0.05) is 24.3 Å². The number of morpholine rings is 1. The Bertz CT molecular complexity index is 709. The molecule has 0 bridgehead atoms. The van der Waals surface area contributed by atoms with E-state index in [0.29, 0.717) is 24.5 Å². The van der Waals surface area contributed by atoms with Crippen molar-refractivity contribution < 1.29 is 14.3 Å². The predicted molar refractivity (Wildman–Crippen MR) is 103 cm³/mol. The monoisotopic (exact) mass is 354 g/mol. The number of ether oxygens (including phenoxy) is 2. The minimum atomic E-state index is -0.0982. The largest absolute Gasteiger partial charge is 0.493 e. The summed E-state index contributed by atoms with van der Waals surface area (Å²) in [5.41, 5.74) is 3.02. The molecule has 5 nitrogen and oxygen atoms in total. The summed E-state index contributed by atoms with van der Waals surface area (Å²) in [6.07, 6.45) is 0.798. The number of rotatable bonds is 7. The lowest BCUT2D eigenvalue weighted by Gasteiger charge is -2.28. The van der Waals surface area contributed by atoms with E-state index in [1.54, 1.807) is 6.07 Å². The van der Waals surface area contributed by atoms with Gasteiger partial charge in [-0.2, -0.15) is 0 Å². The molecule has 1 N–H and O–H groups in total. The number of amides is 1. The third kappa shape index (κ3) is 4.76. The molecule has 0 radical (unpaired) electrons. The zero-order chi connectivity index (χ0) is 18.2. The van der Waals surface area contributed by atoms with E-state index in [2.05, 4.69) is 34.5 Å². The third-order valence-electron chi connectivity index (χ3n) is 4.44. The molecule has 1 saturated heterocycles. The van der Waals surface area contributed by atoms with Crippen molar-refractivity contribution in [3.8, 4) is 5.75 Å². The van der Waals surface area contributed by atoms with Crippen LogP contribution in [0.3, 0.4) is 0 Å². The van der Waals surface area contributed by atoms with Gasteiger partial charge in [0.1, 0.15) is 5.75 Å². The van der Waals surface area contributed by atoms with Gasteiger partial charge in [0.05, 0.1) is 25.4 Å². The number of nitrogens with one attached hydrogen (secondary N) is 1. The van der Waals surface area contributed by atoms with Gasteiger partial charge in [0.2, 0.25) is 0 Å². The molecule has 0 spiro atoms. The summed E-state index contributed by atoms with van der Waals surface area (Å²) in [6.45, 7) is 6.50. The van der Waals surface area contributed by atoms with Crippen LogP contribution in [0.1, 0.15) is 22.8 Å². The summed E-state index contributed by atoms with van der Waals surface area (Å²) >= 11 is 0. The van der Waals surface area contributed by atoms with Crippen molar-refractivity contribution >= 4 is 11.6 Å². The highest BCUT2D eigenvalue weighted by atomic mass is 16.5. The fourth-order valence-corrected chi connectivity index (χ4v) is 3.05. The molecule has 0 saturated carbocycles. The minimum absolute atomic E-state index is 0.0982. The second-order valence-electron chi connectivity index (χ2n) is 6.20. The molecule has 1 amide bonds. The van der Waals surface area contributed by atoms with Gasteiger partial charge in [-0.15, -0.1) is 0 Å². The van der Waals surface area contributed by atoms with Crippen molar-refractivity contribution in [1.82, 2.24) is 5.32 Å². The van der Waals surface area contributed by atoms with Crippen LogP contribution in [0.25, 0.3) is 0 Å². The van der Waals surface area contributed by atoms with Crippen LogP contribution < -0.4 is 15.0 Å². The van der Waals surface area contributed by atoms with Gasteiger partial charge >= 0.3 is 0 Å². The molecule has 0 aromatic heterocycles. The number of nitrogens with zero attached hydrogens (tertiary/aromatic N) is 1. The topological polar surface area (TPSA) is 50.8 Å². The Morgan fingerprint density at radius 1 is 1.12 bits per heavy atom. The van der Waals surface area contributed by atoms with E-state index in [4.69, 9.17) is 9.47 Å². The van der Waals surface area contributed by atoms with Gasteiger partial charge in [0, 0.05) is 25.3 Å². The van der Waals surface area contributed by atoms with Crippen molar-refractivity contribution in [3.63, 3.8) is 0 Å². The fourth-order valence-electron chi connectivity index (χ4n) is 3.05. The van der Waals surface area contributed by atoms with Crippen LogP contribution in [-0.4, -0.2) is 45.4 Å². The molecular formula is C21H26N2O3. The molecule has 2 aromatic rings. The first kappa shape index (κ1) is 18.3. The first-order chi connectivity index (χ1) is 12.8. The maximum absolute atomic E-state index is 12.4. The van der Waals surface area contributed by atoms with Crippen LogP contribution in [0.5, 0.6) is 5.75 Å². The van der Waals surface area contributed by atoms with Gasteiger partial charge in [0.15, 0.2) is 0 Å². The molecule has 3 rings (SSSR count). The molecule has 1 fully saturated rings. The summed E-state index contributed by atoms with van der Waals surface area (Å²) in [4.78, 5) is 14.7. The number of anilines is 1. The standard InChI is InChI=1S/C21H26N2O3/c1-2-26-20-6-4-3-5-19(20)21(24)22-12-11-17-7-9-18(10-8-17)23-13-15-25-16-14-23/h3-10H,2,11-16H2,1H3,(H,22,24). The third-order valence-corrected chi connectivity index (χ3v) is 4.44. The van der Waals surface area contributed by atoms with Crippen molar-refractivity contribution in [2.24, 2.45) is 0 Å². The number of benzene rings is 2. The zero-order valence-corrected chi connectivity index (χ0v) is 15.2. The number of hydrogen-bond donors (Lipinski definition) is 1. The average Bonchev–Trinajstić information content (AvgIpc) is 2.70. The lowest BCUT2D eigenvalue weighted by molar-refractivity contribution is 0.0950. The molecule has 0 atom stereocenters. The van der Waals surface area contributed by atoms with E-state index in [1.807, 2.05) is 25.1 Å². The Balaban J connectivity index is 1.51. The van der Waals surface area contributed by atoms with Crippen LogP contribution >= 0.6 is 0 Å². The molecule has 26 heavy (non-hydrogen) atoms. The highest BCUT2D eigenvalue weighted by molar-refractivity contribution is 5.96. The van der Waals surface area contributed by atoms with Crippen LogP contribution in [0.2, 0.25) is 0 Å². The van der Waals surface area contributed by atoms with Crippen molar-refractivity contribution in [3.05, 3.63) is 59.7 Å². The predicted octanol–water partition coefficient (Wildman–Crippen LogP) is 2.89. The van der Waals surface area contributed by atoms with E-state index < -0.39 is 0 Å². The van der Waals surface area contributed by atoms with E-state index in [0.717, 1.165) is 32.7 Å². The summed E-state index contributed by atoms with van der Waals surface area (Å²) < 4.78 is 10.9. The molecule has 0 unspecified atom stereocenters. The van der Waals surface area contributed by atoms with E-state index in [9.17, 15) is 4.79 Å². The number of carbonyl (C=O) groups is 1. The highest BCUT2D eigenvalue weighted by Crippen LogP contribution is 2.18. The minimum Gasteiger partial charge on any atom is -0.493 e. The number of hydrogen-bond acceptors (Lipinski definition) is 4. The van der Waals surface area contributed by atoms with E-state index in [-0.39, 0.29) is 5.91 Å². The first-order valence-corrected chi connectivity index (χ1v) is 9.19. The normalized spacial score (nSPS) is 14.1. The Morgan fingerprint density at radius 2 is 1.85 bits per heavy atom. The quantitative estimate of drug-likeness (QED) is 0.831. The van der Waals surface area contributed by atoms with Crippen molar-refractivity contribution in [2.45, 2.75) is 13.3 Å². The van der Waals surface area contributed by atoms with Gasteiger partial charge in [0.25, 0.3) is 5.91 Å². The van der Waals surface area contributed by atoms with Gasteiger partial charge in [-0.3, -0.25) is 4.79 Å². The average molecular weight is 354 g/mol. The van der Waals surface area contributed by atoms with Crippen LogP contribution in [0.15, 0.2) is 48.5 Å². The molecule has 1 heterocycles. The van der Waals surface area contributed by atoms with Gasteiger partial charge in [-0.05, 0) is 43.2 Å². The second kappa shape index (κ2) is 9.25. The molecule has 1 aliphatic rings. The van der Waals surface area contributed by atoms with Crippen molar-refractivity contribution in [2.75, 3.05) is 44.4 Å². The van der Waals surface area contributed by atoms with Crippen LogP contribution in [0, 0.1) is 0 Å². The van der Waals surface area contributed by atoms with E-state index >= 15 is 0 Å². The van der Waals surface area contributed by atoms with Gasteiger partial charge in [-0.25, -0.2) is 0 Å². The van der Waals surface area contributed by atoms with Gasteiger partial charge < -0.3 is 19.7 Å². The molecule has 0 aliphatic carbocycles. The maximum Gasteiger partial charge on any atom is 0.255 e. The Labute approximate surface area is 154 Å². The lowest BCUT2D eigenvalue weighted by Crippen LogP contribution is -2.36. The molecule has 138 valence electrons. The van der Waals surface area contributed by atoms with Crippen molar-refractivity contribution in [1.29, 1.82) is 0 Å². The fraction of sp³-hybridized carbons (Fsp3) is 0.381. The Hall–Kier alpha value is -2.53. The first-order valence-electron chi connectivity index (χ1n) is 9.19. The summed E-state index contributed by atoms with van der Waals surface area (Å²) in [7, 11) is 0. The molecule has 2 aromatic carbocycles. The van der Waals surface area contributed by atoms with Crippen LogP contribution in [0.4, 0.5) is 5.69 Å². The van der Waals surface area contributed by atoms with E-state index in [1.165, 1.54) is 11.3 Å². The SMILES string of the molecule is CCOc1ccccc1C(=O)NCCc1ccc(N2CCOCC2)cc1.